The molecule has 1 aliphatic rings. The summed E-state index contributed by atoms with van der Waals surface area (Å²) < 4.78 is 96.4. The van der Waals surface area contributed by atoms with Crippen molar-refractivity contribution in [3.8, 4) is 5.69 Å². The number of anilines is 3. The summed E-state index contributed by atoms with van der Waals surface area (Å²) >= 11 is 0. The molecule has 5 rings (SSSR count). The van der Waals surface area contributed by atoms with Crippen LogP contribution in [0.4, 0.5) is 52.9 Å². The molecule has 2 aromatic heterocycles. The Morgan fingerprint density at radius 1 is 0.826 bits per heavy atom. The number of amides is 3. The minimum absolute atomic E-state index is 0.133. The predicted molar refractivity (Wildman–Crippen MR) is 154 cm³/mol. The Labute approximate surface area is 257 Å². The molecule has 0 unspecified atom stereocenters. The fraction of sp³-hybridized carbons (Fsp3) is 0.267. The first-order valence-electron chi connectivity index (χ1n) is 13.8. The van der Waals surface area contributed by atoms with E-state index in [9.17, 15) is 40.3 Å². The maximum Gasteiger partial charge on any atom is 0.459 e. The van der Waals surface area contributed by atoms with Gasteiger partial charge in [-0.15, -0.1) is 0 Å². The molecule has 3 heterocycles. The molecule has 1 aliphatic heterocycles. The number of hydrogen-bond donors (Lipinski definition) is 2. The first-order valence-corrected chi connectivity index (χ1v) is 13.8. The van der Waals surface area contributed by atoms with Crippen LogP contribution in [0.25, 0.3) is 5.69 Å². The Kier molecular flexibility index (Phi) is 8.64. The molecule has 0 saturated carbocycles. The number of urea groups is 1. The van der Waals surface area contributed by atoms with Crippen molar-refractivity contribution in [3.05, 3.63) is 94.8 Å². The van der Waals surface area contributed by atoms with Crippen LogP contribution in [-0.2, 0) is 5.92 Å². The SMILES string of the molecule is Cc1ccc(-n2nc(C(F)(F)C(F)(F)F)cc2NC(=O)Nc2ccc(N3CCN(C(=O)c4c(F)cccc4F)CC3)nc2C)cc1. The maximum atomic E-state index is 14.1. The lowest BCUT2D eigenvalue weighted by Crippen LogP contribution is -2.49. The van der Waals surface area contributed by atoms with Crippen LogP contribution in [0.2, 0.25) is 0 Å². The molecule has 4 aromatic rings. The second-order valence-electron chi connectivity index (χ2n) is 10.5. The van der Waals surface area contributed by atoms with Gasteiger partial charge < -0.3 is 15.1 Å². The molecule has 242 valence electrons. The molecule has 0 bridgehead atoms. The van der Waals surface area contributed by atoms with E-state index in [1.54, 1.807) is 32.0 Å². The third-order valence-electron chi connectivity index (χ3n) is 7.29. The van der Waals surface area contributed by atoms with Crippen LogP contribution < -0.4 is 15.5 Å². The van der Waals surface area contributed by atoms with E-state index in [4.69, 9.17) is 0 Å². The quantitative estimate of drug-likeness (QED) is 0.235. The molecule has 2 aromatic carbocycles. The summed E-state index contributed by atoms with van der Waals surface area (Å²) in [6.07, 6.45) is -5.91. The summed E-state index contributed by atoms with van der Waals surface area (Å²) in [5, 5.41) is 8.23. The molecular weight excluding hydrogens is 623 g/mol. The fourth-order valence-electron chi connectivity index (χ4n) is 4.78. The zero-order valence-electron chi connectivity index (χ0n) is 24.3. The molecule has 1 saturated heterocycles. The summed E-state index contributed by atoms with van der Waals surface area (Å²) in [6.45, 7) is 4.27. The third kappa shape index (κ3) is 6.46. The summed E-state index contributed by atoms with van der Waals surface area (Å²) in [6, 6.07) is 11.9. The Balaban J connectivity index is 1.27. The van der Waals surface area contributed by atoms with Crippen LogP contribution in [0.1, 0.15) is 27.3 Å². The maximum absolute atomic E-state index is 14.1. The topological polar surface area (TPSA) is 95.4 Å². The molecule has 16 heteroatoms. The van der Waals surface area contributed by atoms with Crippen LogP contribution in [0.15, 0.2) is 60.7 Å². The van der Waals surface area contributed by atoms with Crippen molar-refractivity contribution in [1.82, 2.24) is 19.7 Å². The normalized spacial score (nSPS) is 13.9. The van der Waals surface area contributed by atoms with E-state index in [0.717, 1.165) is 22.4 Å². The van der Waals surface area contributed by atoms with Gasteiger partial charge >= 0.3 is 18.1 Å². The van der Waals surface area contributed by atoms with Crippen molar-refractivity contribution in [2.24, 2.45) is 0 Å². The molecule has 0 aliphatic carbocycles. The Morgan fingerprint density at radius 2 is 1.46 bits per heavy atom. The van der Waals surface area contributed by atoms with Gasteiger partial charge in [0.05, 0.1) is 17.1 Å². The van der Waals surface area contributed by atoms with Gasteiger partial charge in [0.1, 0.15) is 34.5 Å². The van der Waals surface area contributed by atoms with Gasteiger partial charge in [-0.3, -0.25) is 10.1 Å². The highest BCUT2D eigenvalue weighted by molar-refractivity contribution is 6.00. The van der Waals surface area contributed by atoms with Gasteiger partial charge in [-0.1, -0.05) is 23.8 Å². The highest BCUT2D eigenvalue weighted by atomic mass is 19.4. The third-order valence-corrected chi connectivity index (χ3v) is 7.29. The zero-order valence-corrected chi connectivity index (χ0v) is 24.3. The van der Waals surface area contributed by atoms with Crippen molar-refractivity contribution in [2.75, 3.05) is 41.7 Å². The average molecular weight is 650 g/mol. The number of piperazine rings is 1. The molecular formula is C30H26F7N7O2. The summed E-state index contributed by atoms with van der Waals surface area (Å²) in [5.41, 5.74) is -0.732. The van der Waals surface area contributed by atoms with E-state index in [2.05, 4.69) is 20.7 Å². The van der Waals surface area contributed by atoms with Crippen LogP contribution in [-0.4, -0.2) is 64.0 Å². The number of nitrogens with one attached hydrogen (secondary N) is 2. The van der Waals surface area contributed by atoms with Gasteiger partial charge in [0.15, 0.2) is 0 Å². The number of rotatable bonds is 6. The molecule has 0 radical (unpaired) electrons. The summed E-state index contributed by atoms with van der Waals surface area (Å²) in [5.74, 6) is -7.89. The number of aromatic nitrogens is 3. The van der Waals surface area contributed by atoms with Gasteiger partial charge in [-0.25, -0.2) is 23.2 Å². The second kappa shape index (κ2) is 12.3. The molecule has 46 heavy (non-hydrogen) atoms. The van der Waals surface area contributed by atoms with Gasteiger partial charge in [0.2, 0.25) is 0 Å². The van der Waals surface area contributed by atoms with Crippen molar-refractivity contribution >= 4 is 29.3 Å². The van der Waals surface area contributed by atoms with Crippen LogP contribution in [0.3, 0.4) is 0 Å². The molecule has 1 fully saturated rings. The van der Waals surface area contributed by atoms with Crippen LogP contribution >= 0.6 is 0 Å². The number of aryl methyl sites for hydroxylation is 2. The van der Waals surface area contributed by atoms with Gasteiger partial charge in [-0.2, -0.15) is 27.1 Å². The fourth-order valence-corrected chi connectivity index (χ4v) is 4.78. The van der Waals surface area contributed by atoms with Gasteiger partial charge in [-0.05, 0) is 50.2 Å². The van der Waals surface area contributed by atoms with Gasteiger partial charge in [0.25, 0.3) is 5.91 Å². The van der Waals surface area contributed by atoms with Crippen molar-refractivity contribution < 1.29 is 40.3 Å². The average Bonchev–Trinajstić information content (AvgIpc) is 3.42. The Morgan fingerprint density at radius 3 is 2.04 bits per heavy atom. The minimum Gasteiger partial charge on any atom is -0.353 e. The Bertz CT molecular complexity index is 1750. The lowest BCUT2D eigenvalue weighted by Gasteiger charge is -2.35. The monoisotopic (exact) mass is 649 g/mol. The molecule has 9 nitrogen and oxygen atoms in total. The van der Waals surface area contributed by atoms with E-state index in [0.29, 0.717) is 30.7 Å². The van der Waals surface area contributed by atoms with Gasteiger partial charge in [0, 0.05) is 32.2 Å². The lowest BCUT2D eigenvalue weighted by atomic mass is 10.1. The van der Waals surface area contributed by atoms with E-state index in [1.165, 1.54) is 29.2 Å². The number of carbonyl (C=O) groups is 2. The Hall–Kier alpha value is -5.15. The van der Waals surface area contributed by atoms with E-state index in [-0.39, 0.29) is 24.5 Å². The zero-order chi connectivity index (χ0) is 33.4. The highest BCUT2D eigenvalue weighted by Crippen LogP contribution is 2.44. The number of benzene rings is 2. The predicted octanol–water partition coefficient (Wildman–Crippen LogP) is 6.42. The lowest BCUT2D eigenvalue weighted by molar-refractivity contribution is -0.291. The number of halogens is 7. The standard InChI is InChI=1S/C30H26F7N7O2/c1-17-6-8-19(9-7-17)44-25(16-23(41-44)29(33,34)30(35,36)37)40-28(46)39-22-10-11-24(38-18(22)2)42-12-14-43(15-13-42)27(45)26-20(31)4-3-5-21(26)32/h3-11,16H,12-15H2,1-2H3,(H2,39,40,46). The molecule has 2 N–H and O–H groups in total. The molecule has 3 amide bonds. The van der Waals surface area contributed by atoms with Crippen molar-refractivity contribution in [3.63, 3.8) is 0 Å². The van der Waals surface area contributed by atoms with Crippen molar-refractivity contribution in [1.29, 1.82) is 0 Å². The largest absolute Gasteiger partial charge is 0.459 e. The number of alkyl halides is 5. The summed E-state index contributed by atoms with van der Waals surface area (Å²) in [4.78, 5) is 33.2. The van der Waals surface area contributed by atoms with Crippen molar-refractivity contribution in [2.45, 2.75) is 25.9 Å². The first-order chi connectivity index (χ1) is 21.7. The number of pyridine rings is 1. The second-order valence-corrected chi connectivity index (χ2v) is 10.5. The van der Waals surface area contributed by atoms with Crippen LogP contribution in [0.5, 0.6) is 0 Å². The smallest absolute Gasteiger partial charge is 0.353 e. The number of hydrogen-bond acceptors (Lipinski definition) is 5. The minimum atomic E-state index is -5.91. The van der Waals surface area contributed by atoms with E-state index >= 15 is 0 Å². The number of carbonyl (C=O) groups excluding carboxylic acids is 2. The van der Waals surface area contributed by atoms with E-state index in [1.807, 2.05) is 4.90 Å². The molecule has 0 atom stereocenters. The highest BCUT2D eigenvalue weighted by Gasteiger charge is 2.60. The first kappa shape index (κ1) is 32.2. The number of nitrogens with zero attached hydrogens (tertiary/aromatic N) is 5. The summed E-state index contributed by atoms with van der Waals surface area (Å²) in [7, 11) is 0. The molecule has 0 spiro atoms. The van der Waals surface area contributed by atoms with E-state index < -0.39 is 52.7 Å². The van der Waals surface area contributed by atoms with Crippen LogP contribution in [0, 0.1) is 25.5 Å².